The zero-order valence-electron chi connectivity index (χ0n) is 17.8. The van der Waals surface area contributed by atoms with Crippen LogP contribution < -0.4 is 10.6 Å². The number of aryl methyl sites for hydroxylation is 1. The van der Waals surface area contributed by atoms with Crippen LogP contribution in [0.25, 0.3) is 0 Å². The zero-order valence-corrected chi connectivity index (χ0v) is 17.8. The first-order valence-corrected chi connectivity index (χ1v) is 10.6. The minimum atomic E-state index is -0.285. The standard InChI is InChI=1S/C25H23N3O4/c1-13-22-23(16-3-7-18(8-4-16)26-14(2)29)24-20(27-25(22)32-28-13)11-17(12-21(24)31)15-5-9-19(30)10-6-15/h3-10,17,23,27,30H,11-12H2,1-2H3,(H,26,29). The van der Waals surface area contributed by atoms with E-state index in [2.05, 4.69) is 15.8 Å². The summed E-state index contributed by atoms with van der Waals surface area (Å²) >= 11 is 0. The lowest BCUT2D eigenvalue weighted by Gasteiger charge is -2.34. The number of ketones is 1. The Kier molecular flexibility index (Phi) is 4.81. The number of rotatable bonds is 3. The number of phenols is 1. The zero-order chi connectivity index (χ0) is 22.4. The third-order valence-corrected chi connectivity index (χ3v) is 6.19. The van der Waals surface area contributed by atoms with Crippen LogP contribution in [0, 0.1) is 6.92 Å². The lowest BCUT2D eigenvalue weighted by molar-refractivity contribution is -0.116. The Bertz CT molecular complexity index is 1240. The third kappa shape index (κ3) is 3.45. The van der Waals surface area contributed by atoms with E-state index in [1.807, 2.05) is 43.3 Å². The van der Waals surface area contributed by atoms with Gasteiger partial charge in [0.05, 0.1) is 11.3 Å². The van der Waals surface area contributed by atoms with Crippen molar-refractivity contribution in [3.63, 3.8) is 0 Å². The van der Waals surface area contributed by atoms with E-state index in [4.69, 9.17) is 4.52 Å². The van der Waals surface area contributed by atoms with Crippen molar-refractivity contribution in [2.45, 2.75) is 38.5 Å². The molecule has 0 saturated carbocycles. The number of carbonyl (C=O) groups excluding carboxylic acids is 2. The molecule has 2 heterocycles. The molecule has 162 valence electrons. The Balaban J connectivity index is 1.56. The molecule has 32 heavy (non-hydrogen) atoms. The van der Waals surface area contributed by atoms with Gasteiger partial charge in [-0.15, -0.1) is 0 Å². The van der Waals surface area contributed by atoms with Crippen LogP contribution in [-0.2, 0) is 9.59 Å². The van der Waals surface area contributed by atoms with E-state index in [9.17, 15) is 14.7 Å². The van der Waals surface area contributed by atoms with Gasteiger partial charge in [0.2, 0.25) is 11.8 Å². The van der Waals surface area contributed by atoms with Crippen LogP contribution >= 0.6 is 0 Å². The number of nitrogens with one attached hydrogen (secondary N) is 2. The fraction of sp³-hybridized carbons (Fsp3) is 0.240. The van der Waals surface area contributed by atoms with Crippen LogP contribution in [0.15, 0.2) is 64.3 Å². The summed E-state index contributed by atoms with van der Waals surface area (Å²) in [5.74, 6) is 0.450. The number of hydrogen-bond donors (Lipinski definition) is 3. The molecule has 7 heteroatoms. The molecule has 0 bridgehead atoms. The van der Waals surface area contributed by atoms with Crippen LogP contribution in [0.5, 0.6) is 5.75 Å². The number of aromatic nitrogens is 1. The van der Waals surface area contributed by atoms with Crippen molar-refractivity contribution in [1.29, 1.82) is 0 Å². The summed E-state index contributed by atoms with van der Waals surface area (Å²) in [6.45, 7) is 3.34. The molecular weight excluding hydrogens is 406 g/mol. The molecule has 5 rings (SSSR count). The molecule has 2 atom stereocenters. The van der Waals surface area contributed by atoms with Crippen molar-refractivity contribution < 1.29 is 19.2 Å². The minimum Gasteiger partial charge on any atom is -0.508 e. The summed E-state index contributed by atoms with van der Waals surface area (Å²) in [5.41, 5.74) is 5.85. The van der Waals surface area contributed by atoms with Gasteiger partial charge in [-0.3, -0.25) is 9.59 Å². The van der Waals surface area contributed by atoms with Crippen LogP contribution in [0.3, 0.4) is 0 Å². The van der Waals surface area contributed by atoms with Crippen LogP contribution in [-0.4, -0.2) is 22.0 Å². The first-order chi connectivity index (χ1) is 15.4. The highest BCUT2D eigenvalue weighted by molar-refractivity contribution is 6.01. The van der Waals surface area contributed by atoms with E-state index >= 15 is 0 Å². The lowest BCUT2D eigenvalue weighted by Crippen LogP contribution is -2.29. The number of allylic oxidation sites excluding steroid dienone is 2. The average molecular weight is 429 g/mol. The predicted molar refractivity (Wildman–Crippen MR) is 120 cm³/mol. The van der Waals surface area contributed by atoms with Gasteiger partial charge in [-0.2, -0.15) is 0 Å². The Labute approximate surface area is 185 Å². The van der Waals surface area contributed by atoms with Crippen molar-refractivity contribution in [2.75, 3.05) is 10.6 Å². The maximum atomic E-state index is 13.5. The number of benzene rings is 2. The van der Waals surface area contributed by atoms with Gasteiger partial charge in [0.1, 0.15) is 5.75 Å². The minimum absolute atomic E-state index is 0.0164. The number of fused-ring (bicyclic) bond motifs is 1. The highest BCUT2D eigenvalue weighted by Gasteiger charge is 2.41. The van der Waals surface area contributed by atoms with Gasteiger partial charge < -0.3 is 20.3 Å². The van der Waals surface area contributed by atoms with Gasteiger partial charge in [0, 0.05) is 36.2 Å². The van der Waals surface area contributed by atoms with Crippen LogP contribution in [0.4, 0.5) is 11.6 Å². The maximum Gasteiger partial charge on any atom is 0.233 e. The Morgan fingerprint density at radius 2 is 1.78 bits per heavy atom. The summed E-state index contributed by atoms with van der Waals surface area (Å²) in [5, 5.41) is 19.8. The Morgan fingerprint density at radius 3 is 2.47 bits per heavy atom. The second-order valence-corrected chi connectivity index (χ2v) is 8.38. The Hall–Kier alpha value is -3.87. The normalized spacial score (nSPS) is 19.8. The molecule has 2 aromatic carbocycles. The van der Waals surface area contributed by atoms with Gasteiger partial charge in [-0.25, -0.2) is 0 Å². The summed E-state index contributed by atoms with van der Waals surface area (Å²) in [6, 6.07) is 14.6. The van der Waals surface area contributed by atoms with Crippen molar-refractivity contribution in [1.82, 2.24) is 5.16 Å². The molecule has 0 radical (unpaired) electrons. The number of carbonyl (C=O) groups is 2. The quantitative estimate of drug-likeness (QED) is 0.562. The molecular formula is C25H23N3O4. The van der Waals surface area contributed by atoms with Crippen molar-refractivity contribution in [3.8, 4) is 5.75 Å². The molecule has 2 unspecified atom stereocenters. The number of hydrogen-bond acceptors (Lipinski definition) is 6. The van der Waals surface area contributed by atoms with E-state index in [1.54, 1.807) is 12.1 Å². The first kappa shape index (κ1) is 20.1. The largest absolute Gasteiger partial charge is 0.508 e. The van der Waals surface area contributed by atoms with Crippen LogP contribution in [0.2, 0.25) is 0 Å². The molecule has 3 aromatic rings. The fourth-order valence-corrected chi connectivity index (χ4v) is 4.75. The summed E-state index contributed by atoms with van der Waals surface area (Å²) < 4.78 is 5.56. The van der Waals surface area contributed by atoms with Crippen molar-refractivity contribution >= 4 is 23.3 Å². The van der Waals surface area contributed by atoms with E-state index in [1.165, 1.54) is 6.92 Å². The first-order valence-electron chi connectivity index (χ1n) is 10.6. The number of phenolic OH excluding ortho intramolecular Hbond substituents is 1. The number of anilines is 2. The van der Waals surface area contributed by atoms with E-state index in [0.717, 1.165) is 33.7 Å². The molecule has 0 saturated heterocycles. The van der Waals surface area contributed by atoms with Gasteiger partial charge >= 0.3 is 0 Å². The van der Waals surface area contributed by atoms with Gasteiger partial charge in [-0.1, -0.05) is 29.4 Å². The fourth-order valence-electron chi connectivity index (χ4n) is 4.75. The average Bonchev–Trinajstić information content (AvgIpc) is 3.13. The summed E-state index contributed by atoms with van der Waals surface area (Å²) in [6.07, 6.45) is 1.05. The molecule has 3 N–H and O–H groups in total. The number of amides is 1. The van der Waals surface area contributed by atoms with E-state index in [-0.39, 0.29) is 29.3 Å². The van der Waals surface area contributed by atoms with Gasteiger partial charge in [0.15, 0.2) is 5.78 Å². The third-order valence-electron chi connectivity index (χ3n) is 6.19. The second kappa shape index (κ2) is 7.67. The van der Waals surface area contributed by atoms with Crippen LogP contribution in [0.1, 0.15) is 54.0 Å². The van der Waals surface area contributed by atoms with Gasteiger partial charge in [-0.05, 0) is 54.7 Å². The smallest absolute Gasteiger partial charge is 0.233 e. The summed E-state index contributed by atoms with van der Waals surface area (Å²) in [7, 11) is 0. The molecule has 1 aliphatic heterocycles. The monoisotopic (exact) mass is 429 g/mol. The highest BCUT2D eigenvalue weighted by Crippen LogP contribution is 2.49. The van der Waals surface area contributed by atoms with E-state index < -0.39 is 0 Å². The molecule has 1 amide bonds. The topological polar surface area (TPSA) is 104 Å². The van der Waals surface area contributed by atoms with Gasteiger partial charge in [0.25, 0.3) is 0 Å². The Morgan fingerprint density at radius 1 is 1.09 bits per heavy atom. The SMILES string of the molecule is CC(=O)Nc1ccc(C2C3=C(CC(c4ccc(O)cc4)CC3=O)Nc3onc(C)c32)cc1. The second-order valence-electron chi connectivity index (χ2n) is 8.38. The maximum absolute atomic E-state index is 13.5. The number of nitrogens with zero attached hydrogens (tertiary/aromatic N) is 1. The number of Topliss-reactive ketones (excluding diaryl/α,β-unsaturated/α-hetero) is 1. The molecule has 1 aromatic heterocycles. The molecule has 1 aliphatic carbocycles. The van der Waals surface area contributed by atoms with E-state index in [0.29, 0.717) is 24.4 Å². The van der Waals surface area contributed by atoms with Crippen molar-refractivity contribution in [2.24, 2.45) is 0 Å². The predicted octanol–water partition coefficient (Wildman–Crippen LogP) is 4.61. The molecule has 7 nitrogen and oxygen atoms in total. The molecule has 0 spiro atoms. The highest BCUT2D eigenvalue weighted by atomic mass is 16.5. The molecule has 0 fully saturated rings. The summed E-state index contributed by atoms with van der Waals surface area (Å²) in [4.78, 5) is 24.8. The number of aromatic hydroxyl groups is 1. The molecule has 2 aliphatic rings. The lowest BCUT2D eigenvalue weighted by atomic mass is 9.72. The van der Waals surface area contributed by atoms with Crippen molar-refractivity contribution in [3.05, 3.63) is 82.2 Å².